The molecule has 0 aromatic heterocycles. The van der Waals surface area contributed by atoms with Gasteiger partial charge in [-0.3, -0.25) is 9.59 Å². The summed E-state index contributed by atoms with van der Waals surface area (Å²) in [5, 5.41) is 5.31. The molecule has 1 aliphatic heterocycles. The van der Waals surface area contributed by atoms with E-state index < -0.39 is 0 Å². The van der Waals surface area contributed by atoms with E-state index in [0.29, 0.717) is 0 Å². The molecule has 0 radical (unpaired) electrons. The average molecular weight is 371 g/mol. The van der Waals surface area contributed by atoms with Gasteiger partial charge in [0, 0.05) is 4.47 Å². The molecular formula is C18H15BrN2O2. The number of hydrogen-bond donors (Lipinski definition) is 0. The Morgan fingerprint density at radius 2 is 1.61 bits per heavy atom. The maximum absolute atomic E-state index is 12.7. The highest BCUT2D eigenvalue weighted by Gasteiger charge is 2.73. The van der Waals surface area contributed by atoms with Crippen LogP contribution in [0, 0.1) is 29.1 Å². The van der Waals surface area contributed by atoms with Crippen molar-refractivity contribution in [3.8, 4) is 0 Å². The molecule has 1 heterocycles. The van der Waals surface area contributed by atoms with Crippen molar-refractivity contribution in [1.29, 1.82) is 0 Å². The SMILES string of the molecule is O=C1[C@H]2[C@H](C(=O)N1/N=C\c1ccc(Br)cc1)[C@H]1C=C[C@H]2C12CC2. The van der Waals surface area contributed by atoms with Gasteiger partial charge in [-0.15, -0.1) is 0 Å². The second-order valence-electron chi connectivity index (χ2n) is 7.01. The van der Waals surface area contributed by atoms with Crippen LogP contribution < -0.4 is 0 Å². The van der Waals surface area contributed by atoms with E-state index in [2.05, 4.69) is 33.2 Å². The lowest BCUT2D eigenvalue weighted by molar-refractivity contribution is -0.141. The fourth-order valence-corrected chi connectivity index (χ4v) is 5.11. The normalized spacial score (nSPS) is 35.8. The number of hydrogen-bond acceptors (Lipinski definition) is 3. The third-order valence-corrected chi connectivity index (χ3v) is 6.55. The Balaban J connectivity index is 1.43. The molecule has 5 heteroatoms. The minimum Gasteiger partial charge on any atom is -0.272 e. The largest absolute Gasteiger partial charge is 0.272 e. The van der Waals surface area contributed by atoms with Crippen LogP contribution in [0.15, 0.2) is 46.0 Å². The second-order valence-corrected chi connectivity index (χ2v) is 7.92. The maximum atomic E-state index is 12.7. The molecular weight excluding hydrogens is 356 g/mol. The smallest absolute Gasteiger partial charge is 0.254 e. The Morgan fingerprint density at radius 1 is 1.04 bits per heavy atom. The van der Waals surface area contributed by atoms with Gasteiger partial charge in [-0.1, -0.05) is 40.2 Å². The van der Waals surface area contributed by atoms with Crippen LogP contribution in [-0.4, -0.2) is 23.0 Å². The van der Waals surface area contributed by atoms with E-state index in [-0.39, 0.29) is 40.9 Å². The molecule has 23 heavy (non-hydrogen) atoms. The van der Waals surface area contributed by atoms with Gasteiger partial charge >= 0.3 is 0 Å². The topological polar surface area (TPSA) is 49.7 Å². The lowest BCUT2D eigenvalue weighted by Gasteiger charge is -2.18. The highest BCUT2D eigenvalue weighted by Crippen LogP contribution is 2.73. The van der Waals surface area contributed by atoms with Crippen LogP contribution in [0.2, 0.25) is 0 Å². The van der Waals surface area contributed by atoms with E-state index in [1.165, 1.54) is 0 Å². The molecule has 4 aliphatic rings. The molecule has 4 atom stereocenters. The molecule has 4 nitrogen and oxygen atoms in total. The van der Waals surface area contributed by atoms with Crippen LogP contribution in [0.25, 0.3) is 0 Å². The number of nitrogens with zero attached hydrogens (tertiary/aromatic N) is 2. The first-order valence-electron chi connectivity index (χ1n) is 7.97. The summed E-state index contributed by atoms with van der Waals surface area (Å²) in [6, 6.07) is 7.60. The first-order valence-corrected chi connectivity index (χ1v) is 8.77. The first kappa shape index (κ1) is 13.7. The van der Waals surface area contributed by atoms with Gasteiger partial charge in [0.05, 0.1) is 18.1 Å². The van der Waals surface area contributed by atoms with Gasteiger partial charge in [-0.25, -0.2) is 0 Å². The summed E-state index contributed by atoms with van der Waals surface area (Å²) in [5.74, 6) is -0.0826. The highest BCUT2D eigenvalue weighted by atomic mass is 79.9. The summed E-state index contributed by atoms with van der Waals surface area (Å²) in [6.07, 6.45) is 8.25. The van der Waals surface area contributed by atoms with Gasteiger partial charge in [0.25, 0.3) is 11.8 Å². The number of rotatable bonds is 2. The Hall–Kier alpha value is -1.75. The number of carbonyl (C=O) groups excluding carboxylic acids is 2. The Morgan fingerprint density at radius 3 is 2.13 bits per heavy atom. The molecule has 1 aromatic carbocycles. The van der Waals surface area contributed by atoms with E-state index in [9.17, 15) is 9.59 Å². The summed E-state index contributed by atoms with van der Waals surface area (Å²) in [5.41, 5.74) is 1.10. The fourth-order valence-electron chi connectivity index (χ4n) is 4.85. The zero-order valence-corrected chi connectivity index (χ0v) is 13.9. The van der Waals surface area contributed by atoms with Gasteiger partial charge in [0.1, 0.15) is 0 Å². The van der Waals surface area contributed by atoms with E-state index in [1.807, 2.05) is 24.3 Å². The molecule has 1 spiro atoms. The predicted molar refractivity (Wildman–Crippen MR) is 88.4 cm³/mol. The number of imide groups is 1. The predicted octanol–water partition coefficient (Wildman–Crippen LogP) is 2.98. The number of benzene rings is 1. The van der Waals surface area contributed by atoms with Crippen LogP contribution in [0.5, 0.6) is 0 Å². The van der Waals surface area contributed by atoms with Crippen molar-refractivity contribution in [2.45, 2.75) is 12.8 Å². The highest BCUT2D eigenvalue weighted by molar-refractivity contribution is 9.10. The summed E-state index contributed by atoms with van der Waals surface area (Å²) in [4.78, 5) is 25.5. The molecule has 0 unspecified atom stereocenters. The monoisotopic (exact) mass is 370 g/mol. The number of halogens is 1. The minimum atomic E-state index is -0.179. The quantitative estimate of drug-likeness (QED) is 0.456. The third-order valence-electron chi connectivity index (χ3n) is 6.02. The zero-order valence-electron chi connectivity index (χ0n) is 12.4. The van der Waals surface area contributed by atoms with Gasteiger partial charge in [0.15, 0.2) is 0 Å². The molecule has 2 bridgehead atoms. The van der Waals surface area contributed by atoms with Gasteiger partial charge < -0.3 is 0 Å². The van der Waals surface area contributed by atoms with Crippen molar-refractivity contribution in [3.05, 3.63) is 46.5 Å². The molecule has 1 saturated heterocycles. The molecule has 116 valence electrons. The van der Waals surface area contributed by atoms with E-state index in [0.717, 1.165) is 27.9 Å². The average Bonchev–Trinajstić information content (AvgIpc) is 3.15. The number of carbonyl (C=O) groups is 2. The van der Waals surface area contributed by atoms with E-state index in [4.69, 9.17) is 0 Å². The number of fused-ring (bicyclic) bond motifs is 3. The van der Waals surface area contributed by atoms with Crippen LogP contribution >= 0.6 is 15.9 Å². The van der Waals surface area contributed by atoms with Crippen molar-refractivity contribution in [3.63, 3.8) is 0 Å². The van der Waals surface area contributed by atoms with E-state index in [1.54, 1.807) is 6.21 Å². The van der Waals surface area contributed by atoms with Gasteiger partial charge in [-0.05, 0) is 47.8 Å². The summed E-state index contributed by atoms with van der Waals surface area (Å²) < 4.78 is 0.981. The number of allylic oxidation sites excluding steroid dienone is 2. The molecule has 2 saturated carbocycles. The van der Waals surface area contributed by atoms with Crippen LogP contribution in [0.4, 0.5) is 0 Å². The molecule has 0 N–H and O–H groups in total. The molecule has 2 amide bonds. The Bertz CT molecular complexity index is 745. The fraction of sp³-hybridized carbons (Fsp3) is 0.389. The number of amides is 2. The second kappa shape index (κ2) is 4.41. The Labute approximate surface area is 142 Å². The van der Waals surface area contributed by atoms with E-state index >= 15 is 0 Å². The van der Waals surface area contributed by atoms with Gasteiger partial charge in [0.2, 0.25) is 0 Å². The van der Waals surface area contributed by atoms with Crippen LogP contribution in [-0.2, 0) is 9.59 Å². The summed E-state index contributed by atoms with van der Waals surface area (Å²) in [7, 11) is 0. The molecule has 5 rings (SSSR count). The molecule has 1 aromatic rings. The van der Waals surface area contributed by atoms with Crippen LogP contribution in [0.3, 0.4) is 0 Å². The van der Waals surface area contributed by atoms with Crippen molar-refractivity contribution < 1.29 is 9.59 Å². The van der Waals surface area contributed by atoms with Crippen molar-refractivity contribution in [2.24, 2.45) is 34.2 Å². The van der Waals surface area contributed by atoms with Crippen molar-refractivity contribution in [2.75, 3.05) is 0 Å². The summed E-state index contributed by atoms with van der Waals surface area (Å²) >= 11 is 3.38. The standard InChI is InChI=1S/C18H15BrN2O2/c19-11-3-1-10(2-4-11)9-20-21-16(22)14-12-5-6-13(15(14)17(21)23)18(12)7-8-18/h1-6,9,12-15H,7-8H2/b20-9-/t12-,13-,14-,15-/m1/s1. The van der Waals surface area contributed by atoms with Crippen LogP contribution in [0.1, 0.15) is 18.4 Å². The van der Waals surface area contributed by atoms with Crippen molar-refractivity contribution in [1.82, 2.24) is 5.01 Å². The van der Waals surface area contributed by atoms with Crippen molar-refractivity contribution >= 4 is 34.0 Å². The lowest BCUT2D eigenvalue weighted by Crippen LogP contribution is -2.30. The van der Waals surface area contributed by atoms with Gasteiger partial charge in [-0.2, -0.15) is 10.1 Å². The minimum absolute atomic E-state index is 0.114. The molecule has 3 fully saturated rings. The maximum Gasteiger partial charge on any atom is 0.254 e. The number of hydrazone groups is 1. The first-order chi connectivity index (χ1) is 11.1. The molecule has 3 aliphatic carbocycles. The summed E-state index contributed by atoms with van der Waals surface area (Å²) in [6.45, 7) is 0. The lowest BCUT2D eigenvalue weighted by atomic mass is 9.85. The zero-order chi connectivity index (χ0) is 15.8. The Kier molecular flexibility index (Phi) is 2.62. The third kappa shape index (κ3) is 1.69.